The molecule has 2 aromatic carbocycles. The van der Waals surface area contributed by atoms with Crippen LogP contribution in [0.25, 0.3) is 10.8 Å². The molecule has 0 N–H and O–H groups in total. The molecule has 0 radical (unpaired) electrons. The van der Waals surface area contributed by atoms with Crippen LogP contribution in [-0.4, -0.2) is 18.1 Å². The second kappa shape index (κ2) is 6.26. The molecule has 0 spiro atoms. The molecule has 0 saturated carbocycles. The van der Waals surface area contributed by atoms with Crippen molar-refractivity contribution in [3.05, 3.63) is 72.1 Å². The number of benzene rings is 2. The van der Waals surface area contributed by atoms with E-state index in [1.54, 1.807) is 12.1 Å². The number of fused-ring (bicyclic) bond motifs is 1. The van der Waals surface area contributed by atoms with E-state index in [1.165, 1.54) is 12.5 Å². The van der Waals surface area contributed by atoms with Crippen LogP contribution in [0, 0.1) is 0 Å². The van der Waals surface area contributed by atoms with Gasteiger partial charge in [-0.25, -0.2) is 9.78 Å². The monoisotopic (exact) mass is 293 g/mol. The molecule has 3 aromatic rings. The maximum Gasteiger partial charge on any atom is 0.356 e. The first-order valence-corrected chi connectivity index (χ1v) is 6.92. The fraction of sp³-hybridized carbons (Fsp3) is 0.111. The number of hydrogen-bond acceptors (Lipinski definition) is 4. The molecule has 0 saturated heterocycles. The van der Waals surface area contributed by atoms with Gasteiger partial charge in [0.05, 0.1) is 12.8 Å². The van der Waals surface area contributed by atoms with Crippen molar-refractivity contribution in [3.8, 4) is 5.75 Å². The Morgan fingerprint density at radius 1 is 1.00 bits per heavy atom. The maximum atomic E-state index is 11.5. The zero-order chi connectivity index (χ0) is 15.4. The number of carbonyl (C=O) groups is 1. The molecular formula is C18H15NO3. The zero-order valence-electron chi connectivity index (χ0n) is 12.2. The first kappa shape index (κ1) is 14.1. The number of rotatable bonds is 4. The minimum atomic E-state index is -0.451. The van der Waals surface area contributed by atoms with Crippen LogP contribution >= 0.6 is 0 Å². The van der Waals surface area contributed by atoms with Crippen LogP contribution in [0.15, 0.2) is 60.7 Å². The van der Waals surface area contributed by atoms with Crippen molar-refractivity contribution in [2.75, 3.05) is 7.11 Å². The van der Waals surface area contributed by atoms with Gasteiger partial charge in [-0.3, -0.25) is 0 Å². The standard InChI is InChI=1S/C18H15NO3/c1-21-18(20)17-8-4-7-15(19-17)12-22-16-10-9-13-5-2-3-6-14(13)11-16/h2-11H,12H2,1H3. The summed E-state index contributed by atoms with van der Waals surface area (Å²) in [5, 5.41) is 2.29. The predicted octanol–water partition coefficient (Wildman–Crippen LogP) is 3.60. The molecule has 0 bridgehead atoms. The molecule has 0 aliphatic carbocycles. The summed E-state index contributed by atoms with van der Waals surface area (Å²) < 4.78 is 10.4. The molecule has 4 nitrogen and oxygen atoms in total. The normalized spacial score (nSPS) is 10.4. The molecule has 4 heteroatoms. The van der Waals surface area contributed by atoms with Crippen molar-refractivity contribution in [3.63, 3.8) is 0 Å². The summed E-state index contributed by atoms with van der Waals surface area (Å²) in [5.41, 5.74) is 0.957. The third-order valence-corrected chi connectivity index (χ3v) is 3.31. The van der Waals surface area contributed by atoms with E-state index in [2.05, 4.69) is 15.8 Å². The SMILES string of the molecule is COC(=O)c1cccc(COc2ccc3ccccc3c2)n1. The lowest BCUT2D eigenvalue weighted by Crippen LogP contribution is -2.07. The number of methoxy groups -OCH3 is 1. The Balaban J connectivity index is 1.75. The second-order valence-corrected chi connectivity index (χ2v) is 4.80. The van der Waals surface area contributed by atoms with E-state index in [0.29, 0.717) is 12.3 Å². The molecule has 0 unspecified atom stereocenters. The predicted molar refractivity (Wildman–Crippen MR) is 83.9 cm³/mol. The molecule has 0 amide bonds. The third kappa shape index (κ3) is 3.06. The first-order chi connectivity index (χ1) is 10.8. The fourth-order valence-electron chi connectivity index (χ4n) is 2.19. The van der Waals surface area contributed by atoms with Gasteiger partial charge in [-0.15, -0.1) is 0 Å². The molecule has 0 fully saturated rings. The van der Waals surface area contributed by atoms with Gasteiger partial charge in [-0.05, 0) is 35.0 Å². The van der Waals surface area contributed by atoms with Crippen molar-refractivity contribution in [2.45, 2.75) is 6.61 Å². The van der Waals surface area contributed by atoms with Gasteiger partial charge >= 0.3 is 5.97 Å². The summed E-state index contributed by atoms with van der Waals surface area (Å²) >= 11 is 0. The summed E-state index contributed by atoms with van der Waals surface area (Å²) in [6, 6.07) is 19.2. The van der Waals surface area contributed by atoms with Gasteiger partial charge in [0.1, 0.15) is 18.1 Å². The van der Waals surface area contributed by atoms with E-state index in [1.807, 2.05) is 42.5 Å². The van der Waals surface area contributed by atoms with Crippen LogP contribution < -0.4 is 4.74 Å². The zero-order valence-corrected chi connectivity index (χ0v) is 12.2. The Bertz CT molecular complexity index is 814. The first-order valence-electron chi connectivity index (χ1n) is 6.92. The number of pyridine rings is 1. The number of carbonyl (C=O) groups excluding carboxylic acids is 1. The highest BCUT2D eigenvalue weighted by molar-refractivity contribution is 5.87. The number of hydrogen-bond donors (Lipinski definition) is 0. The minimum Gasteiger partial charge on any atom is -0.487 e. The lowest BCUT2D eigenvalue weighted by Gasteiger charge is -2.08. The van der Waals surface area contributed by atoms with Gasteiger partial charge in [0, 0.05) is 0 Å². The van der Waals surface area contributed by atoms with Gasteiger partial charge in [0.2, 0.25) is 0 Å². The van der Waals surface area contributed by atoms with E-state index >= 15 is 0 Å². The highest BCUT2D eigenvalue weighted by Crippen LogP contribution is 2.21. The molecule has 22 heavy (non-hydrogen) atoms. The summed E-state index contributed by atoms with van der Waals surface area (Å²) in [6.45, 7) is 0.295. The number of esters is 1. The van der Waals surface area contributed by atoms with Gasteiger partial charge in [-0.2, -0.15) is 0 Å². The molecular weight excluding hydrogens is 278 g/mol. The lowest BCUT2D eigenvalue weighted by molar-refractivity contribution is 0.0593. The van der Waals surface area contributed by atoms with E-state index < -0.39 is 5.97 Å². The molecule has 0 aliphatic rings. The molecule has 1 aromatic heterocycles. The highest BCUT2D eigenvalue weighted by Gasteiger charge is 2.07. The van der Waals surface area contributed by atoms with Crippen molar-refractivity contribution in [1.29, 1.82) is 0 Å². The van der Waals surface area contributed by atoms with Crippen molar-refractivity contribution >= 4 is 16.7 Å². The quantitative estimate of drug-likeness (QED) is 0.690. The van der Waals surface area contributed by atoms with Gasteiger partial charge < -0.3 is 9.47 Å². The van der Waals surface area contributed by atoms with E-state index in [9.17, 15) is 4.79 Å². The maximum absolute atomic E-state index is 11.5. The van der Waals surface area contributed by atoms with Gasteiger partial charge in [0.25, 0.3) is 0 Å². The van der Waals surface area contributed by atoms with Crippen LogP contribution in [0.5, 0.6) is 5.75 Å². The number of nitrogens with zero attached hydrogens (tertiary/aromatic N) is 1. The topological polar surface area (TPSA) is 48.4 Å². The van der Waals surface area contributed by atoms with Crippen LogP contribution in [0.2, 0.25) is 0 Å². The van der Waals surface area contributed by atoms with Crippen molar-refractivity contribution < 1.29 is 14.3 Å². The van der Waals surface area contributed by atoms with Crippen LogP contribution in [0.1, 0.15) is 16.2 Å². The Morgan fingerprint density at radius 3 is 2.64 bits per heavy atom. The Labute approximate surface area is 128 Å². The summed E-state index contributed by atoms with van der Waals surface area (Å²) in [6.07, 6.45) is 0. The number of aromatic nitrogens is 1. The van der Waals surface area contributed by atoms with E-state index in [4.69, 9.17) is 4.74 Å². The van der Waals surface area contributed by atoms with E-state index in [-0.39, 0.29) is 5.69 Å². The molecule has 1 heterocycles. The third-order valence-electron chi connectivity index (χ3n) is 3.31. The summed E-state index contributed by atoms with van der Waals surface area (Å²) in [7, 11) is 1.34. The van der Waals surface area contributed by atoms with Crippen molar-refractivity contribution in [1.82, 2.24) is 4.98 Å². The Hall–Kier alpha value is -2.88. The minimum absolute atomic E-state index is 0.280. The summed E-state index contributed by atoms with van der Waals surface area (Å²) in [5.74, 6) is 0.316. The molecule has 0 atom stereocenters. The van der Waals surface area contributed by atoms with Gasteiger partial charge in [0.15, 0.2) is 0 Å². The smallest absolute Gasteiger partial charge is 0.356 e. The fourth-order valence-corrected chi connectivity index (χ4v) is 2.19. The van der Waals surface area contributed by atoms with E-state index in [0.717, 1.165) is 11.1 Å². The molecule has 3 rings (SSSR count). The van der Waals surface area contributed by atoms with Crippen LogP contribution in [-0.2, 0) is 11.3 Å². The average Bonchev–Trinajstić information content (AvgIpc) is 2.59. The molecule has 110 valence electrons. The largest absolute Gasteiger partial charge is 0.487 e. The second-order valence-electron chi connectivity index (χ2n) is 4.80. The molecule has 0 aliphatic heterocycles. The Kier molecular flexibility index (Phi) is 4.01. The lowest BCUT2D eigenvalue weighted by atomic mass is 10.1. The average molecular weight is 293 g/mol. The van der Waals surface area contributed by atoms with Crippen LogP contribution in [0.3, 0.4) is 0 Å². The Morgan fingerprint density at radius 2 is 1.82 bits per heavy atom. The van der Waals surface area contributed by atoms with Crippen molar-refractivity contribution in [2.24, 2.45) is 0 Å². The summed E-state index contributed by atoms with van der Waals surface area (Å²) in [4.78, 5) is 15.7. The van der Waals surface area contributed by atoms with Gasteiger partial charge in [-0.1, -0.05) is 36.4 Å². The number of ether oxygens (including phenoxy) is 2. The van der Waals surface area contributed by atoms with Crippen LogP contribution in [0.4, 0.5) is 0 Å². The highest BCUT2D eigenvalue weighted by atomic mass is 16.5.